The maximum Gasteiger partial charge on any atom is 0.490 e. The van der Waals surface area contributed by atoms with Crippen molar-refractivity contribution in [2.24, 2.45) is 11.8 Å². The minimum atomic E-state index is -5.52. The summed E-state index contributed by atoms with van der Waals surface area (Å²) in [6.07, 6.45) is 3.30. The Hall–Kier alpha value is -1.24. The van der Waals surface area contributed by atoms with E-state index in [9.17, 15) is 23.5 Å². The van der Waals surface area contributed by atoms with Gasteiger partial charge >= 0.3 is 23.5 Å². The van der Waals surface area contributed by atoms with E-state index in [-0.39, 0.29) is 23.7 Å². The molecule has 4 unspecified atom stereocenters. The fourth-order valence-corrected chi connectivity index (χ4v) is 7.01. The lowest BCUT2D eigenvalue weighted by atomic mass is 10.1. The monoisotopic (exact) mass is 471 g/mol. The molecule has 2 heterocycles. The molecule has 18 heteroatoms. The average Bonchev–Trinajstić information content (AvgIpc) is 2.93. The second-order valence-electron chi connectivity index (χ2n) is 6.70. The molecular formula is C11H16N5O10P3. The van der Waals surface area contributed by atoms with Gasteiger partial charge in [0, 0.05) is 6.04 Å². The fraction of sp³-hybridized carbons (Fsp3) is 0.545. The van der Waals surface area contributed by atoms with Crippen LogP contribution in [0.3, 0.4) is 0 Å². The van der Waals surface area contributed by atoms with Gasteiger partial charge in [0.15, 0.2) is 11.5 Å². The van der Waals surface area contributed by atoms with E-state index in [1.807, 2.05) is 4.57 Å². The zero-order valence-electron chi connectivity index (χ0n) is 14.3. The molecule has 2 saturated carbocycles. The van der Waals surface area contributed by atoms with Gasteiger partial charge in [0.25, 0.3) is 0 Å². The molecule has 2 aliphatic carbocycles. The largest absolute Gasteiger partial charge is 0.490 e. The number of anilines is 1. The van der Waals surface area contributed by atoms with Crippen LogP contribution in [0.5, 0.6) is 0 Å². The van der Waals surface area contributed by atoms with Gasteiger partial charge in [-0.2, -0.15) is 8.62 Å². The molecule has 0 aromatic carbocycles. The lowest BCUT2D eigenvalue weighted by Gasteiger charge is -2.19. The van der Waals surface area contributed by atoms with E-state index in [4.69, 9.17) is 20.0 Å². The van der Waals surface area contributed by atoms with Gasteiger partial charge in [-0.1, -0.05) is 0 Å². The van der Waals surface area contributed by atoms with Crippen LogP contribution in [0.4, 0.5) is 5.82 Å². The van der Waals surface area contributed by atoms with Crippen LogP contribution in [0.15, 0.2) is 12.7 Å². The van der Waals surface area contributed by atoms with Crippen molar-refractivity contribution in [1.29, 1.82) is 0 Å². The highest BCUT2D eigenvalue weighted by atomic mass is 31.3. The van der Waals surface area contributed by atoms with Crippen LogP contribution in [0, 0.1) is 11.8 Å². The fourth-order valence-electron chi connectivity index (χ4n) is 3.73. The summed E-state index contributed by atoms with van der Waals surface area (Å²) < 4.78 is 48.1. The summed E-state index contributed by atoms with van der Waals surface area (Å²) in [7, 11) is -16.1. The van der Waals surface area contributed by atoms with Crippen molar-refractivity contribution in [2.75, 3.05) is 5.73 Å². The summed E-state index contributed by atoms with van der Waals surface area (Å²) in [4.78, 5) is 48.1. The quantitative estimate of drug-likeness (QED) is 0.350. The normalized spacial score (nSPS) is 30.6. The third kappa shape index (κ3) is 4.44. The summed E-state index contributed by atoms with van der Waals surface area (Å²) in [5.41, 5.74) is 6.80. The van der Waals surface area contributed by atoms with Crippen molar-refractivity contribution in [3.63, 3.8) is 0 Å². The predicted molar refractivity (Wildman–Crippen MR) is 93.7 cm³/mol. The Morgan fingerprint density at radius 1 is 1.00 bits per heavy atom. The lowest BCUT2D eigenvalue weighted by molar-refractivity contribution is 0.148. The van der Waals surface area contributed by atoms with E-state index in [0.29, 0.717) is 24.0 Å². The molecule has 0 saturated heterocycles. The van der Waals surface area contributed by atoms with Crippen molar-refractivity contribution >= 4 is 40.4 Å². The number of phosphoric ester groups is 1. The van der Waals surface area contributed by atoms with Crippen molar-refractivity contribution in [3.8, 4) is 0 Å². The molecule has 6 N–H and O–H groups in total. The van der Waals surface area contributed by atoms with Crippen LogP contribution < -0.4 is 5.73 Å². The molecule has 2 fully saturated rings. The molecule has 2 aromatic heterocycles. The van der Waals surface area contributed by atoms with E-state index >= 15 is 0 Å². The second kappa shape index (κ2) is 6.89. The first-order valence-corrected chi connectivity index (χ1v) is 12.6. The van der Waals surface area contributed by atoms with Crippen LogP contribution >= 0.6 is 23.5 Å². The number of nitrogens with zero attached hydrogens (tertiary/aromatic N) is 4. The molecule has 160 valence electrons. The number of fused-ring (bicyclic) bond motifs is 2. The number of hydrogen-bond donors (Lipinski definition) is 5. The van der Waals surface area contributed by atoms with Crippen LogP contribution in [-0.2, 0) is 26.8 Å². The highest BCUT2D eigenvalue weighted by Gasteiger charge is 2.60. The second-order valence-corrected chi connectivity index (χ2v) is 11.1. The first-order valence-electron chi connectivity index (χ1n) is 8.10. The van der Waals surface area contributed by atoms with Crippen LogP contribution in [0.25, 0.3) is 11.2 Å². The van der Waals surface area contributed by atoms with E-state index in [1.54, 1.807) is 6.33 Å². The Bertz CT molecular complexity index is 1090. The molecule has 0 amide bonds. The van der Waals surface area contributed by atoms with Crippen molar-refractivity contribution in [3.05, 3.63) is 12.7 Å². The number of nitrogens with two attached hydrogens (primary N) is 1. The number of nitrogen functional groups attached to an aromatic ring is 1. The molecule has 6 atom stereocenters. The summed E-state index contributed by atoms with van der Waals surface area (Å²) in [6.45, 7) is 0. The van der Waals surface area contributed by atoms with Gasteiger partial charge in [0.2, 0.25) is 0 Å². The topological polar surface area (TPSA) is 229 Å². The van der Waals surface area contributed by atoms with Gasteiger partial charge in [0.1, 0.15) is 11.8 Å². The number of imidazole rings is 1. The van der Waals surface area contributed by atoms with Crippen molar-refractivity contribution in [2.45, 2.75) is 25.0 Å². The maximum absolute atomic E-state index is 11.9. The van der Waals surface area contributed by atoms with Crippen molar-refractivity contribution in [1.82, 2.24) is 19.5 Å². The number of aromatic nitrogens is 4. The molecular weight excluding hydrogens is 455 g/mol. The Balaban J connectivity index is 1.38. The lowest BCUT2D eigenvalue weighted by Crippen LogP contribution is -2.11. The van der Waals surface area contributed by atoms with Gasteiger partial charge < -0.3 is 29.9 Å². The molecule has 0 spiro atoms. The molecule has 2 aromatic rings. The van der Waals surface area contributed by atoms with Gasteiger partial charge in [0.05, 0.1) is 12.4 Å². The summed E-state index contributed by atoms with van der Waals surface area (Å²) in [5, 5.41) is 0. The van der Waals surface area contributed by atoms with E-state index in [0.717, 1.165) is 0 Å². The van der Waals surface area contributed by atoms with Gasteiger partial charge in [-0.05, 0) is 24.7 Å². The third-order valence-electron chi connectivity index (χ3n) is 4.79. The zero-order chi connectivity index (χ0) is 21.2. The first-order chi connectivity index (χ1) is 13.4. The molecule has 0 radical (unpaired) electrons. The SMILES string of the molecule is Nc1ncnc2c1ncn2[C@H]1CC2C(OP(=O)(O)OP(=O)(O)OP(=O)(O)O)[C@H]2C1. The summed E-state index contributed by atoms with van der Waals surface area (Å²) >= 11 is 0. The van der Waals surface area contributed by atoms with E-state index in [1.165, 1.54) is 6.33 Å². The summed E-state index contributed by atoms with van der Waals surface area (Å²) in [5.74, 6) is 0.00502. The number of hydrogen-bond acceptors (Lipinski definition) is 10. The van der Waals surface area contributed by atoms with Crippen molar-refractivity contribution < 1.29 is 46.4 Å². The average molecular weight is 471 g/mol. The number of phosphoric acid groups is 3. The molecule has 2 aliphatic rings. The standard InChI is InChI=1S/C11H16N5O10P3/c12-10-8-11(14-3-13-10)16(4-15-8)5-1-6-7(2-5)9(6)24-28(20,21)26-29(22,23)25-27(17,18)19/h3-7,9H,1-2H2,(H,20,21)(H,22,23)(H2,12,13,14)(H2,17,18,19)/t5-,6+,7?,9?/m1/s1. The van der Waals surface area contributed by atoms with Gasteiger partial charge in [-0.15, -0.1) is 0 Å². The Kier molecular flexibility index (Phi) is 4.99. The van der Waals surface area contributed by atoms with Gasteiger partial charge in [-0.3, -0.25) is 4.52 Å². The molecule has 4 rings (SSSR count). The van der Waals surface area contributed by atoms with Crippen LogP contribution in [-0.4, -0.2) is 45.2 Å². The molecule has 0 bridgehead atoms. The highest BCUT2D eigenvalue weighted by molar-refractivity contribution is 7.66. The smallest absolute Gasteiger partial charge is 0.382 e. The number of rotatable bonds is 7. The minimum Gasteiger partial charge on any atom is -0.382 e. The first kappa shape index (κ1) is 21.0. The van der Waals surface area contributed by atoms with Crippen LogP contribution in [0.1, 0.15) is 18.9 Å². The molecule has 29 heavy (non-hydrogen) atoms. The molecule has 0 aliphatic heterocycles. The maximum atomic E-state index is 11.9. The Morgan fingerprint density at radius 2 is 1.66 bits per heavy atom. The Labute approximate surface area is 162 Å². The summed E-state index contributed by atoms with van der Waals surface area (Å²) in [6, 6.07) is -0.00919. The zero-order valence-corrected chi connectivity index (χ0v) is 17.0. The Morgan fingerprint density at radius 3 is 2.28 bits per heavy atom. The highest BCUT2D eigenvalue weighted by Crippen LogP contribution is 2.69. The van der Waals surface area contributed by atoms with E-state index in [2.05, 4.69) is 23.6 Å². The molecule has 15 nitrogen and oxygen atoms in total. The predicted octanol–water partition coefficient (Wildman–Crippen LogP) is 0.701. The van der Waals surface area contributed by atoms with Crippen LogP contribution in [0.2, 0.25) is 0 Å². The van der Waals surface area contributed by atoms with Gasteiger partial charge in [-0.25, -0.2) is 28.6 Å². The third-order valence-corrected chi connectivity index (χ3v) is 8.63. The van der Waals surface area contributed by atoms with E-state index < -0.39 is 29.6 Å². The minimum absolute atomic E-state index is 0.00919.